The molecule has 0 spiro atoms. The number of thiophene rings is 1. The Morgan fingerprint density at radius 1 is 1.60 bits per heavy atom. The summed E-state index contributed by atoms with van der Waals surface area (Å²) in [5.41, 5.74) is -0.150. The Bertz CT molecular complexity index is 370. The largest absolute Gasteiger partial charge is 0.319 e. The van der Waals surface area contributed by atoms with Crippen molar-refractivity contribution in [2.45, 2.75) is 19.3 Å². The molecule has 1 aromatic heterocycles. The number of hydrogen-bond donors (Lipinski definition) is 1. The van der Waals surface area contributed by atoms with Crippen molar-refractivity contribution >= 4 is 28.7 Å². The maximum Gasteiger partial charge on any atom is 0.180 e. The fourth-order valence-electron chi connectivity index (χ4n) is 2.12. The van der Waals surface area contributed by atoms with Crippen LogP contribution in [-0.2, 0) is 0 Å². The third kappa shape index (κ3) is 1.96. The Morgan fingerprint density at radius 3 is 2.73 bits per heavy atom. The zero-order valence-electron chi connectivity index (χ0n) is 8.68. The number of carbonyl (C=O) groups excluding carboxylic acids is 1. The van der Waals surface area contributed by atoms with Gasteiger partial charge < -0.3 is 5.32 Å². The van der Waals surface area contributed by atoms with Gasteiger partial charge in [-0.25, -0.2) is 0 Å². The number of rotatable bonds is 4. The molecule has 1 fully saturated rings. The minimum atomic E-state index is -0.150. The van der Waals surface area contributed by atoms with Gasteiger partial charge in [-0.15, -0.1) is 11.3 Å². The SMILES string of the molecule is CNCC1(C(=O)c2ccc(Cl)s2)CCC1. The van der Waals surface area contributed by atoms with Gasteiger partial charge in [0.2, 0.25) is 0 Å². The summed E-state index contributed by atoms with van der Waals surface area (Å²) in [7, 11) is 1.90. The molecule has 1 saturated carbocycles. The summed E-state index contributed by atoms with van der Waals surface area (Å²) in [6, 6.07) is 3.64. The monoisotopic (exact) mass is 243 g/mol. The Kier molecular flexibility index (Phi) is 3.14. The topological polar surface area (TPSA) is 29.1 Å². The van der Waals surface area contributed by atoms with Gasteiger partial charge >= 0.3 is 0 Å². The number of ketones is 1. The van der Waals surface area contributed by atoms with Crippen molar-refractivity contribution in [3.63, 3.8) is 0 Å². The Balaban J connectivity index is 2.19. The minimum Gasteiger partial charge on any atom is -0.319 e. The van der Waals surface area contributed by atoms with Crippen molar-refractivity contribution in [3.05, 3.63) is 21.3 Å². The summed E-state index contributed by atoms with van der Waals surface area (Å²) in [5.74, 6) is 0.264. The van der Waals surface area contributed by atoms with E-state index in [0.717, 1.165) is 30.7 Å². The lowest BCUT2D eigenvalue weighted by molar-refractivity contribution is 0.0619. The van der Waals surface area contributed by atoms with E-state index in [9.17, 15) is 4.79 Å². The summed E-state index contributed by atoms with van der Waals surface area (Å²) in [6.45, 7) is 0.779. The van der Waals surface area contributed by atoms with Crippen LogP contribution in [0.4, 0.5) is 0 Å². The van der Waals surface area contributed by atoms with Crippen LogP contribution in [0.1, 0.15) is 28.9 Å². The van der Waals surface area contributed by atoms with E-state index in [4.69, 9.17) is 11.6 Å². The summed E-state index contributed by atoms with van der Waals surface area (Å²) < 4.78 is 0.692. The fourth-order valence-corrected chi connectivity index (χ4v) is 3.23. The summed E-state index contributed by atoms with van der Waals surface area (Å²) in [4.78, 5) is 13.1. The third-order valence-corrected chi connectivity index (χ3v) is 4.33. The van der Waals surface area contributed by atoms with Gasteiger partial charge in [-0.05, 0) is 32.0 Å². The molecular weight excluding hydrogens is 230 g/mol. The van der Waals surface area contributed by atoms with E-state index >= 15 is 0 Å². The van der Waals surface area contributed by atoms with E-state index in [1.807, 2.05) is 13.1 Å². The molecule has 0 unspecified atom stereocenters. The number of Topliss-reactive ketones (excluding diaryl/α,β-unsaturated/α-hetero) is 1. The van der Waals surface area contributed by atoms with Crippen molar-refractivity contribution < 1.29 is 4.79 Å². The van der Waals surface area contributed by atoms with Gasteiger partial charge in [-0.1, -0.05) is 18.0 Å². The van der Waals surface area contributed by atoms with Crippen LogP contribution >= 0.6 is 22.9 Å². The molecular formula is C11H14ClNOS. The number of carbonyl (C=O) groups is 1. The first-order chi connectivity index (χ1) is 7.18. The van der Waals surface area contributed by atoms with Crippen LogP contribution in [-0.4, -0.2) is 19.4 Å². The molecule has 0 atom stereocenters. The molecule has 1 aliphatic carbocycles. The van der Waals surface area contributed by atoms with Crippen molar-refractivity contribution in [2.24, 2.45) is 5.41 Å². The molecule has 2 nitrogen and oxygen atoms in total. The standard InChI is InChI=1S/C11H14ClNOS/c1-13-7-11(5-2-6-11)10(14)8-3-4-9(12)15-8/h3-4,13H,2,5-7H2,1H3. The number of hydrogen-bond acceptors (Lipinski definition) is 3. The third-order valence-electron chi connectivity index (χ3n) is 3.10. The minimum absolute atomic E-state index is 0.150. The molecule has 0 radical (unpaired) electrons. The second-order valence-corrected chi connectivity index (χ2v) is 5.81. The van der Waals surface area contributed by atoms with Crippen LogP contribution in [0, 0.1) is 5.41 Å². The number of nitrogens with one attached hydrogen (secondary N) is 1. The summed E-state index contributed by atoms with van der Waals surface area (Å²) >= 11 is 7.23. The van der Waals surface area contributed by atoms with Gasteiger partial charge in [0.1, 0.15) is 0 Å². The summed E-state index contributed by atoms with van der Waals surface area (Å²) in [6.07, 6.45) is 3.16. The first-order valence-corrected chi connectivity index (χ1v) is 6.32. The van der Waals surface area contributed by atoms with Gasteiger partial charge in [0.05, 0.1) is 9.21 Å². The maximum absolute atomic E-state index is 12.3. The molecule has 0 aromatic carbocycles. The van der Waals surface area contributed by atoms with E-state index in [0.29, 0.717) is 4.34 Å². The molecule has 0 amide bonds. The molecule has 1 aromatic rings. The first-order valence-electron chi connectivity index (χ1n) is 5.13. The Hall–Kier alpha value is -0.380. The lowest BCUT2D eigenvalue weighted by atomic mass is 9.65. The fraction of sp³-hybridized carbons (Fsp3) is 0.545. The van der Waals surface area contributed by atoms with Gasteiger partial charge in [-0.2, -0.15) is 0 Å². The first kappa shape index (κ1) is 11.1. The molecule has 0 bridgehead atoms. The normalized spacial score (nSPS) is 18.5. The number of halogens is 1. The van der Waals surface area contributed by atoms with E-state index < -0.39 is 0 Å². The van der Waals surface area contributed by atoms with Crippen molar-refractivity contribution in [2.75, 3.05) is 13.6 Å². The quantitative estimate of drug-likeness (QED) is 0.824. The van der Waals surface area contributed by atoms with E-state index in [2.05, 4.69) is 5.32 Å². The van der Waals surface area contributed by atoms with Crippen LogP contribution in [0.25, 0.3) is 0 Å². The summed E-state index contributed by atoms with van der Waals surface area (Å²) in [5, 5.41) is 3.12. The smallest absolute Gasteiger partial charge is 0.180 e. The highest BCUT2D eigenvalue weighted by atomic mass is 35.5. The zero-order valence-corrected chi connectivity index (χ0v) is 10.3. The molecule has 15 heavy (non-hydrogen) atoms. The van der Waals surface area contributed by atoms with Crippen LogP contribution in [0.15, 0.2) is 12.1 Å². The highest BCUT2D eigenvalue weighted by Crippen LogP contribution is 2.44. The van der Waals surface area contributed by atoms with Crippen LogP contribution in [0.2, 0.25) is 4.34 Å². The van der Waals surface area contributed by atoms with Crippen LogP contribution in [0.3, 0.4) is 0 Å². The Labute approximate surface area is 98.6 Å². The average molecular weight is 244 g/mol. The van der Waals surface area contributed by atoms with Crippen LogP contribution in [0.5, 0.6) is 0 Å². The highest BCUT2D eigenvalue weighted by molar-refractivity contribution is 7.18. The second kappa shape index (κ2) is 4.24. The molecule has 1 N–H and O–H groups in total. The predicted octanol–water partition coefficient (Wildman–Crippen LogP) is 2.97. The molecule has 1 aliphatic rings. The molecule has 4 heteroatoms. The molecule has 0 saturated heterocycles. The highest BCUT2D eigenvalue weighted by Gasteiger charge is 2.44. The molecule has 2 rings (SSSR count). The Morgan fingerprint density at radius 2 is 2.33 bits per heavy atom. The lowest BCUT2D eigenvalue weighted by Gasteiger charge is -2.39. The molecule has 82 valence electrons. The predicted molar refractivity (Wildman–Crippen MR) is 63.9 cm³/mol. The van der Waals surface area contributed by atoms with Gasteiger partial charge in [-0.3, -0.25) is 4.79 Å². The average Bonchev–Trinajstić information content (AvgIpc) is 2.57. The van der Waals surface area contributed by atoms with Crippen molar-refractivity contribution in [1.82, 2.24) is 5.32 Å². The van der Waals surface area contributed by atoms with E-state index in [1.54, 1.807) is 6.07 Å². The van der Waals surface area contributed by atoms with E-state index in [1.165, 1.54) is 11.3 Å². The van der Waals surface area contributed by atoms with Gasteiger partial charge in [0.15, 0.2) is 5.78 Å². The molecule has 0 aliphatic heterocycles. The maximum atomic E-state index is 12.3. The lowest BCUT2D eigenvalue weighted by Crippen LogP contribution is -2.45. The van der Waals surface area contributed by atoms with Crippen molar-refractivity contribution in [1.29, 1.82) is 0 Å². The van der Waals surface area contributed by atoms with Crippen LogP contribution < -0.4 is 5.32 Å². The zero-order chi connectivity index (χ0) is 10.9. The van der Waals surface area contributed by atoms with E-state index in [-0.39, 0.29) is 11.2 Å². The van der Waals surface area contributed by atoms with Crippen molar-refractivity contribution in [3.8, 4) is 0 Å². The van der Waals surface area contributed by atoms with Gasteiger partial charge in [0.25, 0.3) is 0 Å². The van der Waals surface area contributed by atoms with Gasteiger partial charge in [0, 0.05) is 12.0 Å². The second-order valence-electron chi connectivity index (χ2n) is 4.10. The molecule has 1 heterocycles.